The number of nitrogens with zero attached hydrogens (tertiary/aromatic N) is 3. The molecule has 0 radical (unpaired) electrons. The van der Waals surface area contributed by atoms with Gasteiger partial charge in [-0.15, -0.1) is 0 Å². The second kappa shape index (κ2) is 10.6. The second-order valence-corrected chi connectivity index (χ2v) is 11.1. The van der Waals surface area contributed by atoms with Gasteiger partial charge in [-0.2, -0.15) is 5.10 Å². The highest BCUT2D eigenvalue weighted by molar-refractivity contribution is 5.79. The van der Waals surface area contributed by atoms with Crippen molar-refractivity contribution in [1.82, 2.24) is 14.7 Å². The minimum absolute atomic E-state index is 0.167. The molecule has 0 atom stereocenters. The lowest BCUT2D eigenvalue weighted by molar-refractivity contribution is 0.0195. The summed E-state index contributed by atoms with van der Waals surface area (Å²) in [5.41, 5.74) is 6.03. The lowest BCUT2D eigenvalue weighted by Gasteiger charge is -2.31. The van der Waals surface area contributed by atoms with Crippen LogP contribution in [0.1, 0.15) is 54.8 Å². The van der Waals surface area contributed by atoms with Crippen LogP contribution in [0, 0.1) is 19.7 Å². The lowest BCUT2D eigenvalue weighted by Crippen LogP contribution is -2.41. The molecule has 7 heteroatoms. The fraction of sp³-hybridized carbons (Fsp3) is 0.312. The molecule has 1 amide bonds. The van der Waals surface area contributed by atoms with Gasteiger partial charge in [0.15, 0.2) is 0 Å². The van der Waals surface area contributed by atoms with Crippen molar-refractivity contribution in [2.75, 3.05) is 11.9 Å². The smallest absolute Gasteiger partial charge is 0.410 e. The van der Waals surface area contributed by atoms with E-state index in [2.05, 4.69) is 29.6 Å². The molecule has 4 aromatic rings. The van der Waals surface area contributed by atoms with Gasteiger partial charge in [0, 0.05) is 12.1 Å². The number of hydrogen-bond donors (Lipinski definition) is 1. The monoisotopic (exact) mass is 526 g/mol. The fourth-order valence-corrected chi connectivity index (χ4v) is 5.03. The molecule has 6 nitrogen and oxygen atoms in total. The van der Waals surface area contributed by atoms with E-state index in [1.165, 1.54) is 0 Å². The number of fused-ring (bicyclic) bond motifs is 1. The molecule has 202 valence electrons. The van der Waals surface area contributed by atoms with E-state index in [0.29, 0.717) is 30.8 Å². The largest absolute Gasteiger partial charge is 0.444 e. The van der Waals surface area contributed by atoms with Crippen LogP contribution in [-0.4, -0.2) is 32.9 Å². The van der Waals surface area contributed by atoms with Crippen molar-refractivity contribution in [3.05, 3.63) is 107 Å². The molecule has 0 unspecified atom stereocenters. The quantitative estimate of drug-likeness (QED) is 0.297. The van der Waals surface area contributed by atoms with Crippen molar-refractivity contribution >= 4 is 11.8 Å². The van der Waals surface area contributed by atoms with E-state index in [4.69, 9.17) is 9.84 Å². The number of halogens is 1. The van der Waals surface area contributed by atoms with Gasteiger partial charge in [-0.25, -0.2) is 9.18 Å². The number of aromatic nitrogens is 2. The van der Waals surface area contributed by atoms with Crippen molar-refractivity contribution in [2.24, 2.45) is 0 Å². The van der Waals surface area contributed by atoms with Gasteiger partial charge in [0.05, 0.1) is 30.5 Å². The first-order valence-electron chi connectivity index (χ1n) is 13.3. The number of carbonyl (C=O) groups excluding carboxylic acids is 1. The highest BCUT2D eigenvalue weighted by Gasteiger charge is 2.31. The lowest BCUT2D eigenvalue weighted by atomic mass is 9.97. The van der Waals surface area contributed by atoms with Gasteiger partial charge in [0.25, 0.3) is 0 Å². The summed E-state index contributed by atoms with van der Waals surface area (Å²) in [5.74, 6) is -0.209. The molecule has 0 bridgehead atoms. The topological polar surface area (TPSA) is 59.4 Å². The Labute approximate surface area is 229 Å². The van der Waals surface area contributed by atoms with Gasteiger partial charge in [-0.1, -0.05) is 60.7 Å². The zero-order valence-corrected chi connectivity index (χ0v) is 23.2. The van der Waals surface area contributed by atoms with E-state index in [1.54, 1.807) is 18.7 Å². The number of carbonyl (C=O) groups is 1. The SMILES string of the molecule is Cc1cc(-c2nn3c(c2NC(c2ccccc2)c2ccccc2)CN(C(=O)OC(C)(C)C)CC3)cc(C)c1F. The average Bonchev–Trinajstić information content (AvgIpc) is 3.27. The van der Waals surface area contributed by atoms with Crippen molar-refractivity contribution in [2.45, 2.75) is 59.4 Å². The summed E-state index contributed by atoms with van der Waals surface area (Å²) in [7, 11) is 0. The summed E-state index contributed by atoms with van der Waals surface area (Å²) in [6, 6.07) is 24.0. The number of nitrogens with one attached hydrogen (secondary N) is 1. The summed E-state index contributed by atoms with van der Waals surface area (Å²) < 4.78 is 22.2. The predicted octanol–water partition coefficient (Wildman–Crippen LogP) is 7.26. The van der Waals surface area contributed by atoms with Crippen LogP contribution in [0.5, 0.6) is 0 Å². The maximum absolute atomic E-state index is 14.6. The first-order chi connectivity index (χ1) is 18.6. The molecule has 0 aliphatic carbocycles. The van der Waals surface area contributed by atoms with Gasteiger partial charge >= 0.3 is 6.09 Å². The Bertz CT molecular complexity index is 1410. The standard InChI is InChI=1S/C32H35FN4O2/c1-21-18-25(19-22(2)27(21)33)29-30(26-20-36(16-17-37(26)35-29)31(38)39-32(3,4)5)34-28(23-12-8-6-9-13-23)24-14-10-7-11-15-24/h6-15,18-19,28,34H,16-17,20H2,1-5H3. The third-order valence-electron chi connectivity index (χ3n) is 6.90. The van der Waals surface area contributed by atoms with Crippen molar-refractivity contribution < 1.29 is 13.9 Å². The van der Waals surface area contributed by atoms with Crippen LogP contribution in [0.3, 0.4) is 0 Å². The molecule has 0 spiro atoms. The van der Waals surface area contributed by atoms with Gasteiger partial charge < -0.3 is 15.0 Å². The minimum atomic E-state index is -0.587. The number of amides is 1. The molecule has 5 rings (SSSR count). The third kappa shape index (κ3) is 5.67. The number of anilines is 1. The van der Waals surface area contributed by atoms with E-state index >= 15 is 0 Å². The molecule has 2 heterocycles. The normalized spacial score (nSPS) is 13.4. The number of rotatable bonds is 5. The summed E-state index contributed by atoms with van der Waals surface area (Å²) >= 11 is 0. The van der Waals surface area contributed by atoms with Crippen LogP contribution in [-0.2, 0) is 17.8 Å². The number of benzene rings is 3. The number of aryl methyl sites for hydroxylation is 2. The Kier molecular flexibility index (Phi) is 7.17. The van der Waals surface area contributed by atoms with Gasteiger partial charge in [-0.05, 0) is 69.0 Å². The van der Waals surface area contributed by atoms with Crippen LogP contribution in [0.2, 0.25) is 0 Å². The van der Waals surface area contributed by atoms with Gasteiger partial charge in [0.1, 0.15) is 17.1 Å². The maximum atomic E-state index is 14.6. The number of hydrogen-bond acceptors (Lipinski definition) is 4. The van der Waals surface area contributed by atoms with E-state index in [9.17, 15) is 9.18 Å². The zero-order valence-electron chi connectivity index (χ0n) is 23.2. The maximum Gasteiger partial charge on any atom is 0.410 e. The summed E-state index contributed by atoms with van der Waals surface area (Å²) in [5, 5.41) is 8.79. The van der Waals surface area contributed by atoms with E-state index in [0.717, 1.165) is 33.8 Å². The van der Waals surface area contributed by atoms with E-state index in [-0.39, 0.29) is 18.0 Å². The molecule has 0 saturated heterocycles. The molecule has 1 aromatic heterocycles. The van der Waals surface area contributed by atoms with Crippen LogP contribution in [0.15, 0.2) is 72.8 Å². The Morgan fingerprint density at radius 1 is 0.949 bits per heavy atom. The highest BCUT2D eigenvalue weighted by Crippen LogP contribution is 2.38. The molecule has 0 saturated carbocycles. The summed E-state index contributed by atoms with van der Waals surface area (Å²) in [4.78, 5) is 14.7. The Morgan fingerprint density at radius 2 is 1.51 bits per heavy atom. The van der Waals surface area contributed by atoms with E-state index in [1.807, 2.05) is 74.0 Å². The van der Waals surface area contributed by atoms with Gasteiger partial charge in [-0.3, -0.25) is 4.68 Å². The molecule has 1 N–H and O–H groups in total. The molecule has 39 heavy (non-hydrogen) atoms. The third-order valence-corrected chi connectivity index (χ3v) is 6.90. The molecular formula is C32H35FN4O2. The first-order valence-corrected chi connectivity index (χ1v) is 13.3. The van der Waals surface area contributed by atoms with Crippen LogP contribution in [0.25, 0.3) is 11.3 Å². The second-order valence-electron chi connectivity index (χ2n) is 11.1. The zero-order chi connectivity index (χ0) is 27.7. The van der Waals surface area contributed by atoms with Crippen LogP contribution < -0.4 is 5.32 Å². The highest BCUT2D eigenvalue weighted by atomic mass is 19.1. The number of ether oxygens (including phenoxy) is 1. The van der Waals surface area contributed by atoms with E-state index < -0.39 is 5.60 Å². The van der Waals surface area contributed by atoms with Gasteiger partial charge in [0.2, 0.25) is 0 Å². The molecule has 1 aliphatic rings. The predicted molar refractivity (Wildman–Crippen MR) is 152 cm³/mol. The molecule has 3 aromatic carbocycles. The Balaban J connectivity index is 1.63. The van der Waals surface area contributed by atoms with Crippen molar-refractivity contribution in [1.29, 1.82) is 0 Å². The van der Waals surface area contributed by atoms with Crippen molar-refractivity contribution in [3.63, 3.8) is 0 Å². The molecule has 0 fully saturated rings. The minimum Gasteiger partial charge on any atom is -0.444 e. The average molecular weight is 527 g/mol. The summed E-state index contributed by atoms with van der Waals surface area (Å²) in [6.45, 7) is 10.5. The van der Waals surface area contributed by atoms with Crippen LogP contribution in [0.4, 0.5) is 14.9 Å². The Morgan fingerprint density at radius 3 is 2.05 bits per heavy atom. The van der Waals surface area contributed by atoms with Crippen molar-refractivity contribution in [3.8, 4) is 11.3 Å². The fourth-order valence-electron chi connectivity index (χ4n) is 5.03. The first kappa shape index (κ1) is 26.5. The van der Waals surface area contributed by atoms with Crippen LogP contribution >= 0.6 is 0 Å². The Hall–Kier alpha value is -4.13. The molecular weight excluding hydrogens is 491 g/mol. The molecule has 1 aliphatic heterocycles. The summed E-state index contributed by atoms with van der Waals surface area (Å²) in [6.07, 6.45) is -0.349.